The van der Waals surface area contributed by atoms with Crippen molar-refractivity contribution in [3.05, 3.63) is 35.9 Å². The lowest BCUT2D eigenvalue weighted by atomic mass is 10.3. The first-order chi connectivity index (χ1) is 8.69. The molecule has 2 heterocycles. The fourth-order valence-electron chi connectivity index (χ4n) is 1.33. The largest absolute Gasteiger partial charge is 0.481 e. The molecule has 0 aliphatic carbocycles. The van der Waals surface area contributed by atoms with Crippen LogP contribution in [0.15, 0.2) is 24.5 Å². The van der Waals surface area contributed by atoms with Crippen LogP contribution in [0.3, 0.4) is 0 Å². The Kier molecular flexibility index (Phi) is 3.52. The summed E-state index contributed by atoms with van der Waals surface area (Å²) in [4.78, 5) is 11.3. The summed E-state index contributed by atoms with van der Waals surface area (Å²) >= 11 is 0. The van der Waals surface area contributed by atoms with Gasteiger partial charge >= 0.3 is 0 Å². The predicted octanol–water partition coefficient (Wildman–Crippen LogP) is 1.21. The molecule has 0 unspecified atom stereocenters. The summed E-state index contributed by atoms with van der Waals surface area (Å²) in [7, 11) is 1.54. The molecule has 2 rings (SSSR count). The van der Waals surface area contributed by atoms with Crippen molar-refractivity contribution in [1.29, 1.82) is 0 Å². The molecule has 2 aromatic heterocycles. The Bertz CT molecular complexity index is 531. The van der Waals surface area contributed by atoms with Crippen LogP contribution in [0.5, 0.6) is 5.88 Å². The van der Waals surface area contributed by atoms with Crippen LogP contribution >= 0.6 is 0 Å². The lowest BCUT2D eigenvalue weighted by molar-refractivity contribution is 0.397. The second-order valence-electron chi connectivity index (χ2n) is 3.49. The molecule has 0 aromatic carbocycles. The summed E-state index contributed by atoms with van der Waals surface area (Å²) in [6, 6.07) is 3.54. The van der Waals surface area contributed by atoms with E-state index in [1.807, 2.05) is 6.07 Å². The Morgan fingerprint density at radius 1 is 1.33 bits per heavy atom. The van der Waals surface area contributed by atoms with Gasteiger partial charge < -0.3 is 15.8 Å². The van der Waals surface area contributed by atoms with E-state index in [1.54, 1.807) is 19.4 Å². The Hall–Kier alpha value is -2.44. The summed E-state index contributed by atoms with van der Waals surface area (Å²) in [6.07, 6.45) is 2.66. The van der Waals surface area contributed by atoms with Crippen molar-refractivity contribution >= 4 is 11.8 Å². The number of nitrogens with one attached hydrogen (secondary N) is 1. The average Bonchev–Trinajstić information content (AvgIpc) is 2.40. The van der Waals surface area contributed by atoms with E-state index in [2.05, 4.69) is 20.3 Å². The minimum absolute atomic E-state index is 0.0201. The number of halogens is 1. The smallest absolute Gasteiger partial charge is 0.222 e. The van der Waals surface area contributed by atoms with Crippen molar-refractivity contribution in [2.75, 3.05) is 18.2 Å². The minimum atomic E-state index is -0.550. The number of ether oxygens (including phenoxy) is 1. The van der Waals surface area contributed by atoms with Crippen molar-refractivity contribution in [2.45, 2.75) is 6.54 Å². The number of methoxy groups -OCH3 is 1. The summed E-state index contributed by atoms with van der Waals surface area (Å²) in [5.74, 6) is 0.0620. The highest BCUT2D eigenvalue weighted by molar-refractivity contribution is 5.39. The topological polar surface area (TPSA) is 86.0 Å². The van der Waals surface area contributed by atoms with Gasteiger partial charge in [-0.25, -0.2) is 14.4 Å². The number of nitrogen functional groups attached to an aromatic ring is 1. The molecule has 94 valence electrons. The van der Waals surface area contributed by atoms with Crippen LogP contribution < -0.4 is 15.8 Å². The Labute approximate surface area is 103 Å². The summed E-state index contributed by atoms with van der Waals surface area (Å²) in [5, 5.41) is 2.82. The van der Waals surface area contributed by atoms with Gasteiger partial charge in [-0.1, -0.05) is 6.07 Å². The van der Waals surface area contributed by atoms with Crippen molar-refractivity contribution in [3.63, 3.8) is 0 Å². The summed E-state index contributed by atoms with van der Waals surface area (Å²) < 4.78 is 18.3. The Morgan fingerprint density at radius 2 is 2.17 bits per heavy atom. The van der Waals surface area contributed by atoms with Crippen LogP contribution in [0, 0.1) is 5.82 Å². The van der Waals surface area contributed by atoms with Gasteiger partial charge in [-0.05, 0) is 5.56 Å². The lowest BCUT2D eigenvalue weighted by Gasteiger charge is -2.07. The molecule has 0 radical (unpaired) electrons. The fourth-order valence-corrected chi connectivity index (χ4v) is 1.33. The zero-order valence-electron chi connectivity index (χ0n) is 9.72. The van der Waals surface area contributed by atoms with E-state index in [1.165, 1.54) is 0 Å². The van der Waals surface area contributed by atoms with E-state index in [4.69, 9.17) is 10.5 Å². The Balaban J connectivity index is 2.04. The molecule has 0 bridgehead atoms. The third-order valence-corrected chi connectivity index (χ3v) is 2.23. The van der Waals surface area contributed by atoms with Gasteiger partial charge in [-0.15, -0.1) is 0 Å². The van der Waals surface area contributed by atoms with Gasteiger partial charge in [0.25, 0.3) is 0 Å². The number of hydrogen-bond acceptors (Lipinski definition) is 6. The van der Waals surface area contributed by atoms with Gasteiger partial charge in [-0.3, -0.25) is 0 Å². The van der Waals surface area contributed by atoms with Gasteiger partial charge in [0.1, 0.15) is 0 Å². The maximum absolute atomic E-state index is 13.3. The zero-order valence-corrected chi connectivity index (χ0v) is 9.72. The van der Waals surface area contributed by atoms with Crippen LogP contribution in [0.25, 0.3) is 0 Å². The van der Waals surface area contributed by atoms with Gasteiger partial charge in [0.15, 0.2) is 11.6 Å². The highest BCUT2D eigenvalue weighted by Crippen LogP contribution is 2.12. The van der Waals surface area contributed by atoms with E-state index in [9.17, 15) is 4.39 Å². The highest BCUT2D eigenvalue weighted by Gasteiger charge is 2.05. The van der Waals surface area contributed by atoms with Gasteiger partial charge in [0.2, 0.25) is 11.8 Å². The zero-order chi connectivity index (χ0) is 13.0. The maximum Gasteiger partial charge on any atom is 0.222 e. The molecule has 0 aliphatic rings. The molecule has 7 heteroatoms. The van der Waals surface area contributed by atoms with E-state index in [0.717, 1.165) is 11.8 Å². The van der Waals surface area contributed by atoms with Crippen LogP contribution in [-0.4, -0.2) is 22.1 Å². The SMILES string of the molecule is COc1ccc(CNc2nc(N)ncc2F)cn1. The van der Waals surface area contributed by atoms with Crippen LogP contribution in [-0.2, 0) is 6.54 Å². The minimum Gasteiger partial charge on any atom is -0.481 e. The van der Waals surface area contributed by atoms with Crippen LogP contribution in [0.4, 0.5) is 16.2 Å². The number of nitrogens with zero attached hydrogens (tertiary/aromatic N) is 3. The number of hydrogen-bond donors (Lipinski definition) is 2. The third-order valence-electron chi connectivity index (χ3n) is 2.23. The molecule has 6 nitrogen and oxygen atoms in total. The molecule has 0 fully saturated rings. The van der Waals surface area contributed by atoms with Gasteiger partial charge in [0.05, 0.1) is 13.3 Å². The molecule has 0 saturated carbocycles. The normalized spacial score (nSPS) is 10.1. The van der Waals surface area contributed by atoms with Crippen LogP contribution in [0.1, 0.15) is 5.56 Å². The van der Waals surface area contributed by atoms with Crippen molar-refractivity contribution < 1.29 is 9.13 Å². The lowest BCUT2D eigenvalue weighted by Crippen LogP contribution is -2.06. The predicted molar refractivity (Wildman–Crippen MR) is 64.5 cm³/mol. The molecule has 2 aromatic rings. The number of rotatable bonds is 4. The number of anilines is 2. The van der Waals surface area contributed by atoms with Crippen molar-refractivity contribution in [1.82, 2.24) is 15.0 Å². The first-order valence-electron chi connectivity index (χ1n) is 5.20. The molecule has 0 saturated heterocycles. The first-order valence-corrected chi connectivity index (χ1v) is 5.20. The molecule has 18 heavy (non-hydrogen) atoms. The number of aromatic nitrogens is 3. The first kappa shape index (κ1) is 12.0. The molecule has 0 spiro atoms. The van der Waals surface area contributed by atoms with Crippen molar-refractivity contribution in [2.24, 2.45) is 0 Å². The van der Waals surface area contributed by atoms with Gasteiger partial charge in [-0.2, -0.15) is 4.98 Å². The van der Waals surface area contributed by atoms with E-state index < -0.39 is 5.82 Å². The molecular formula is C11H12FN5O. The standard InChI is InChI=1S/C11H12FN5O/c1-18-9-3-2-7(4-14-9)5-15-10-8(12)6-16-11(13)17-10/h2-4,6H,5H2,1H3,(H3,13,15,16,17). The monoisotopic (exact) mass is 249 g/mol. The number of nitrogens with two attached hydrogens (primary N) is 1. The summed E-state index contributed by atoms with van der Waals surface area (Å²) in [5.41, 5.74) is 6.24. The molecule has 0 amide bonds. The maximum atomic E-state index is 13.3. The average molecular weight is 249 g/mol. The van der Waals surface area contributed by atoms with E-state index >= 15 is 0 Å². The quantitative estimate of drug-likeness (QED) is 0.847. The third kappa shape index (κ3) is 2.82. The van der Waals surface area contributed by atoms with E-state index in [-0.39, 0.29) is 11.8 Å². The molecule has 3 N–H and O–H groups in total. The molecule has 0 aliphatic heterocycles. The number of pyridine rings is 1. The summed E-state index contributed by atoms with van der Waals surface area (Å²) in [6.45, 7) is 0.379. The highest BCUT2D eigenvalue weighted by atomic mass is 19.1. The van der Waals surface area contributed by atoms with Crippen molar-refractivity contribution in [3.8, 4) is 5.88 Å². The van der Waals surface area contributed by atoms with Gasteiger partial charge in [0, 0.05) is 18.8 Å². The Morgan fingerprint density at radius 3 is 2.83 bits per heavy atom. The second-order valence-corrected chi connectivity index (χ2v) is 3.49. The second kappa shape index (κ2) is 5.26. The molecular weight excluding hydrogens is 237 g/mol. The fraction of sp³-hybridized carbons (Fsp3) is 0.182. The molecule has 0 atom stereocenters. The van der Waals surface area contributed by atoms with E-state index in [0.29, 0.717) is 12.4 Å². The van der Waals surface area contributed by atoms with Crippen LogP contribution in [0.2, 0.25) is 0 Å².